The van der Waals surface area contributed by atoms with Crippen LogP contribution in [0.4, 0.5) is 8.78 Å². The quantitative estimate of drug-likeness (QED) is 0.883. The van der Waals surface area contributed by atoms with E-state index in [0.717, 1.165) is 23.1 Å². The van der Waals surface area contributed by atoms with Gasteiger partial charge in [0.2, 0.25) is 0 Å². The van der Waals surface area contributed by atoms with Crippen molar-refractivity contribution in [2.45, 2.75) is 19.4 Å². The average Bonchev–Trinajstić information content (AvgIpc) is 2.39. The molecule has 3 heteroatoms. The molecule has 2 aromatic rings. The molecule has 0 radical (unpaired) electrons. The fourth-order valence-corrected chi connectivity index (χ4v) is 2.25. The fourth-order valence-electron chi connectivity index (χ4n) is 2.25. The predicted octanol–water partition coefficient (Wildman–Crippen LogP) is 3.78. The van der Waals surface area contributed by atoms with E-state index in [9.17, 15) is 8.78 Å². The van der Waals surface area contributed by atoms with Crippen LogP contribution < -0.4 is 5.32 Å². The lowest BCUT2D eigenvalue weighted by Gasteiger charge is -2.19. The van der Waals surface area contributed by atoms with Crippen molar-refractivity contribution < 1.29 is 8.78 Å². The number of rotatable bonds is 4. The zero-order valence-corrected chi connectivity index (χ0v) is 11.1. The van der Waals surface area contributed by atoms with Gasteiger partial charge in [0.25, 0.3) is 0 Å². The highest BCUT2D eigenvalue weighted by atomic mass is 19.1. The molecule has 0 aliphatic rings. The van der Waals surface area contributed by atoms with E-state index in [-0.39, 0.29) is 17.7 Å². The van der Waals surface area contributed by atoms with E-state index in [0.29, 0.717) is 0 Å². The Bertz CT molecular complexity index is 549. The Balaban J connectivity index is 2.22. The minimum Gasteiger partial charge on any atom is -0.313 e. The van der Waals surface area contributed by atoms with Gasteiger partial charge in [0.1, 0.15) is 11.6 Å². The highest BCUT2D eigenvalue weighted by molar-refractivity contribution is 5.31. The van der Waals surface area contributed by atoms with E-state index in [1.54, 1.807) is 18.2 Å². The lowest BCUT2D eigenvalue weighted by Crippen LogP contribution is -2.20. The van der Waals surface area contributed by atoms with Crippen molar-refractivity contribution in [3.63, 3.8) is 0 Å². The Morgan fingerprint density at radius 3 is 2.21 bits per heavy atom. The van der Waals surface area contributed by atoms with Gasteiger partial charge in [-0.2, -0.15) is 0 Å². The van der Waals surface area contributed by atoms with Crippen LogP contribution in [0.25, 0.3) is 0 Å². The van der Waals surface area contributed by atoms with Gasteiger partial charge in [-0.05, 0) is 61.3 Å². The third-order valence-corrected chi connectivity index (χ3v) is 3.31. The van der Waals surface area contributed by atoms with Gasteiger partial charge in [0, 0.05) is 6.04 Å². The smallest absolute Gasteiger partial charge is 0.123 e. The van der Waals surface area contributed by atoms with Crippen LogP contribution in [0.1, 0.15) is 22.7 Å². The summed E-state index contributed by atoms with van der Waals surface area (Å²) in [6, 6.07) is 11.4. The van der Waals surface area contributed by atoms with Crippen molar-refractivity contribution in [2.24, 2.45) is 0 Å². The molecule has 1 nitrogen and oxygen atoms in total. The van der Waals surface area contributed by atoms with Crippen LogP contribution in [0.2, 0.25) is 0 Å². The van der Waals surface area contributed by atoms with E-state index in [4.69, 9.17) is 0 Å². The van der Waals surface area contributed by atoms with Gasteiger partial charge >= 0.3 is 0 Å². The topological polar surface area (TPSA) is 12.0 Å². The number of likely N-dealkylation sites (N-methyl/N-ethyl adjacent to an activating group) is 1. The van der Waals surface area contributed by atoms with E-state index in [1.165, 1.54) is 24.3 Å². The Hall–Kier alpha value is -1.74. The Morgan fingerprint density at radius 2 is 1.63 bits per heavy atom. The number of aryl methyl sites for hydroxylation is 1. The first-order valence-electron chi connectivity index (χ1n) is 6.28. The molecular formula is C16H17F2N. The monoisotopic (exact) mass is 261 g/mol. The molecule has 0 amide bonds. The molecule has 0 fully saturated rings. The van der Waals surface area contributed by atoms with E-state index in [2.05, 4.69) is 5.32 Å². The molecule has 0 spiro atoms. The molecule has 0 saturated carbocycles. The van der Waals surface area contributed by atoms with E-state index < -0.39 is 0 Å². The lowest BCUT2D eigenvalue weighted by molar-refractivity contribution is 0.580. The molecule has 0 heterocycles. The van der Waals surface area contributed by atoms with Crippen LogP contribution in [-0.2, 0) is 6.42 Å². The maximum absolute atomic E-state index is 13.1. The summed E-state index contributed by atoms with van der Waals surface area (Å²) >= 11 is 0. The third-order valence-electron chi connectivity index (χ3n) is 3.31. The predicted molar refractivity (Wildman–Crippen MR) is 73.0 cm³/mol. The zero-order valence-electron chi connectivity index (χ0n) is 11.1. The molecule has 1 N–H and O–H groups in total. The first-order valence-corrected chi connectivity index (χ1v) is 6.28. The Kier molecular flexibility index (Phi) is 4.27. The first-order chi connectivity index (χ1) is 9.10. The second kappa shape index (κ2) is 5.93. The van der Waals surface area contributed by atoms with Crippen molar-refractivity contribution in [1.82, 2.24) is 5.32 Å². The lowest BCUT2D eigenvalue weighted by atomic mass is 9.95. The van der Waals surface area contributed by atoms with Gasteiger partial charge in [-0.1, -0.05) is 18.2 Å². The molecule has 2 rings (SSSR count). The van der Waals surface area contributed by atoms with Crippen LogP contribution in [0.15, 0.2) is 42.5 Å². The normalized spacial score (nSPS) is 12.4. The molecule has 0 bridgehead atoms. The van der Waals surface area contributed by atoms with Crippen molar-refractivity contribution in [1.29, 1.82) is 0 Å². The van der Waals surface area contributed by atoms with Crippen LogP contribution in [0, 0.1) is 18.6 Å². The van der Waals surface area contributed by atoms with Crippen molar-refractivity contribution in [2.75, 3.05) is 7.05 Å². The molecule has 0 saturated heterocycles. The average molecular weight is 261 g/mol. The SMILES string of the molecule is CNC(Cc1ccc(F)cc1)c1ccc(F)cc1C. The summed E-state index contributed by atoms with van der Waals surface area (Å²) in [5, 5.41) is 3.23. The molecule has 100 valence electrons. The highest BCUT2D eigenvalue weighted by Gasteiger charge is 2.13. The van der Waals surface area contributed by atoms with Gasteiger partial charge in [-0.3, -0.25) is 0 Å². The highest BCUT2D eigenvalue weighted by Crippen LogP contribution is 2.22. The van der Waals surface area contributed by atoms with Gasteiger partial charge in [-0.25, -0.2) is 8.78 Å². The van der Waals surface area contributed by atoms with Crippen molar-refractivity contribution in [3.05, 3.63) is 70.8 Å². The van der Waals surface area contributed by atoms with Crippen molar-refractivity contribution in [3.8, 4) is 0 Å². The zero-order chi connectivity index (χ0) is 13.8. The second-order valence-electron chi connectivity index (χ2n) is 4.67. The summed E-state index contributed by atoms with van der Waals surface area (Å²) in [4.78, 5) is 0. The summed E-state index contributed by atoms with van der Waals surface area (Å²) < 4.78 is 26.0. The molecule has 0 aliphatic carbocycles. The Labute approximate surface area is 112 Å². The van der Waals surface area contributed by atoms with Crippen LogP contribution in [-0.4, -0.2) is 7.05 Å². The summed E-state index contributed by atoms with van der Waals surface area (Å²) in [6.07, 6.45) is 0.739. The van der Waals surface area contributed by atoms with Gasteiger partial charge in [0.15, 0.2) is 0 Å². The van der Waals surface area contributed by atoms with Crippen LogP contribution >= 0.6 is 0 Å². The molecule has 0 aliphatic heterocycles. The molecular weight excluding hydrogens is 244 g/mol. The third kappa shape index (κ3) is 3.38. The van der Waals surface area contributed by atoms with E-state index in [1.807, 2.05) is 14.0 Å². The Morgan fingerprint density at radius 1 is 1.00 bits per heavy atom. The first kappa shape index (κ1) is 13.7. The summed E-state index contributed by atoms with van der Waals surface area (Å²) in [7, 11) is 1.87. The summed E-state index contributed by atoms with van der Waals surface area (Å²) in [6.45, 7) is 1.90. The fraction of sp³-hybridized carbons (Fsp3) is 0.250. The van der Waals surface area contributed by atoms with Gasteiger partial charge < -0.3 is 5.32 Å². The van der Waals surface area contributed by atoms with Crippen LogP contribution in [0.3, 0.4) is 0 Å². The number of halogens is 2. The van der Waals surface area contributed by atoms with Crippen molar-refractivity contribution >= 4 is 0 Å². The number of hydrogen-bond acceptors (Lipinski definition) is 1. The molecule has 0 aromatic heterocycles. The maximum Gasteiger partial charge on any atom is 0.123 e. The van der Waals surface area contributed by atoms with Gasteiger partial charge in [0.05, 0.1) is 0 Å². The molecule has 1 atom stereocenters. The number of hydrogen-bond donors (Lipinski definition) is 1. The molecule has 1 unspecified atom stereocenters. The standard InChI is InChI=1S/C16H17F2N/c1-11-9-14(18)7-8-15(11)16(19-2)10-12-3-5-13(17)6-4-12/h3-9,16,19H,10H2,1-2H3. The minimum atomic E-state index is -0.234. The second-order valence-corrected chi connectivity index (χ2v) is 4.67. The largest absolute Gasteiger partial charge is 0.313 e. The summed E-state index contributed by atoms with van der Waals surface area (Å²) in [5.74, 6) is -0.458. The van der Waals surface area contributed by atoms with E-state index >= 15 is 0 Å². The number of benzene rings is 2. The molecule has 2 aromatic carbocycles. The summed E-state index contributed by atoms with van der Waals surface area (Å²) in [5.41, 5.74) is 3.03. The number of nitrogens with one attached hydrogen (secondary N) is 1. The minimum absolute atomic E-state index is 0.0889. The van der Waals surface area contributed by atoms with Crippen LogP contribution in [0.5, 0.6) is 0 Å². The molecule has 19 heavy (non-hydrogen) atoms. The maximum atomic E-state index is 13.1. The van der Waals surface area contributed by atoms with Gasteiger partial charge in [-0.15, -0.1) is 0 Å².